The van der Waals surface area contributed by atoms with Gasteiger partial charge < -0.3 is 5.48 Å². The van der Waals surface area contributed by atoms with Gasteiger partial charge in [0.05, 0.1) is 16.7 Å². The first-order valence-corrected chi connectivity index (χ1v) is 6.91. The highest BCUT2D eigenvalue weighted by Crippen LogP contribution is 2.40. The van der Waals surface area contributed by atoms with Crippen LogP contribution in [0.3, 0.4) is 0 Å². The number of rotatable bonds is 3. The minimum absolute atomic E-state index is 0. The molecule has 0 saturated heterocycles. The van der Waals surface area contributed by atoms with E-state index in [9.17, 15) is 5.39 Å². The fourth-order valence-electron chi connectivity index (χ4n) is 2.71. The van der Waals surface area contributed by atoms with Gasteiger partial charge in [-0.2, -0.15) is 0 Å². The third kappa shape index (κ3) is 2.48. The first-order chi connectivity index (χ1) is 10.4. The summed E-state index contributed by atoms with van der Waals surface area (Å²) in [7, 11) is 0. The van der Waals surface area contributed by atoms with Crippen molar-refractivity contribution >= 4 is 0 Å². The molecule has 0 atom stereocenters. The maximum absolute atomic E-state index is 9.96. The van der Waals surface area contributed by atoms with E-state index in [0.717, 1.165) is 16.7 Å². The van der Waals surface area contributed by atoms with Crippen molar-refractivity contribution < 1.29 is 5.48 Å². The van der Waals surface area contributed by atoms with E-state index in [1.54, 1.807) is 0 Å². The molecule has 0 unspecified atom stereocenters. The molecule has 0 aromatic heterocycles. The molecule has 3 rings (SSSR count). The van der Waals surface area contributed by atoms with Crippen LogP contribution in [0, 0.1) is 5.39 Å². The van der Waals surface area contributed by atoms with Crippen LogP contribution in [0.1, 0.15) is 16.7 Å². The van der Waals surface area contributed by atoms with E-state index in [1.165, 1.54) is 0 Å². The lowest BCUT2D eigenvalue weighted by molar-refractivity contribution is 0.754. The Labute approximate surface area is 129 Å². The van der Waals surface area contributed by atoms with E-state index in [2.05, 4.69) is 4.98 Å². The molecule has 0 aliphatic rings. The molecule has 3 aromatic carbocycles. The average Bonchev–Trinajstić information content (AvgIpc) is 2.59. The molecule has 0 saturated carbocycles. The zero-order chi connectivity index (χ0) is 14.5. The Morgan fingerprint density at radius 2 is 0.818 bits per heavy atom. The largest absolute Gasteiger partial charge is 0.870 e. The molecule has 0 aliphatic carbocycles. The lowest BCUT2D eigenvalue weighted by Gasteiger charge is -2.17. The summed E-state index contributed by atoms with van der Waals surface area (Å²) in [6.45, 7) is 0. The van der Waals surface area contributed by atoms with Crippen molar-refractivity contribution in [2.24, 2.45) is 0 Å². The van der Waals surface area contributed by atoms with Gasteiger partial charge in [-0.3, -0.25) is 0 Å². The molecular formula is C19H16N2O. The zero-order valence-corrected chi connectivity index (χ0v) is 12.0. The first kappa shape index (κ1) is 15.4. The summed E-state index contributed by atoms with van der Waals surface area (Å²) in [4.78, 5) is 3.83. The Balaban J connectivity index is 0.00000176. The smallest absolute Gasteiger partial charge is 0.397 e. The maximum atomic E-state index is 9.96. The summed E-state index contributed by atoms with van der Waals surface area (Å²) >= 11 is 0. The van der Waals surface area contributed by atoms with Crippen LogP contribution >= 0.6 is 0 Å². The predicted octanol–water partition coefficient (Wildman–Crippen LogP) is 4.65. The van der Waals surface area contributed by atoms with Crippen LogP contribution in [0.2, 0.25) is 0 Å². The van der Waals surface area contributed by atoms with E-state index in [0.29, 0.717) is 0 Å². The fourth-order valence-corrected chi connectivity index (χ4v) is 2.71. The van der Waals surface area contributed by atoms with E-state index in [4.69, 9.17) is 0 Å². The monoisotopic (exact) mass is 288 g/mol. The van der Waals surface area contributed by atoms with Crippen LogP contribution in [0.25, 0.3) is 4.98 Å². The quantitative estimate of drug-likeness (QED) is 0.520. The van der Waals surface area contributed by atoms with Crippen molar-refractivity contribution in [1.82, 2.24) is 0 Å². The lowest BCUT2D eigenvalue weighted by atomic mass is 9.78. The van der Waals surface area contributed by atoms with Crippen LogP contribution in [-0.2, 0) is 5.54 Å². The molecule has 0 radical (unpaired) electrons. The Kier molecular flexibility index (Phi) is 4.67. The predicted molar refractivity (Wildman–Crippen MR) is 86.2 cm³/mol. The van der Waals surface area contributed by atoms with Gasteiger partial charge in [-0.15, -0.1) is 0 Å². The minimum atomic E-state index is -0.899. The van der Waals surface area contributed by atoms with Gasteiger partial charge in [-0.05, 0) is 36.4 Å². The van der Waals surface area contributed by atoms with Gasteiger partial charge in [-0.1, -0.05) is 54.6 Å². The second kappa shape index (κ2) is 6.66. The van der Waals surface area contributed by atoms with Crippen LogP contribution in [0.4, 0.5) is 0 Å². The molecule has 0 aliphatic heterocycles. The fraction of sp³-hybridized carbons (Fsp3) is 0.0526. The topological polar surface area (TPSA) is 58.1 Å². The van der Waals surface area contributed by atoms with Crippen LogP contribution in [0.5, 0.6) is 0 Å². The number of hydrogen-bond donors (Lipinski definition) is 0. The SMILES string of the molecule is N#[N+]C(c1ccccc1)(c1ccccc1)c1ccccc1.[OH-]. The second-order valence-corrected chi connectivity index (χ2v) is 4.91. The number of diazo groups is 1. The Hall–Kier alpha value is -2.96. The molecule has 3 nitrogen and oxygen atoms in total. The molecule has 0 fully saturated rings. The van der Waals surface area contributed by atoms with Gasteiger partial charge in [0, 0.05) is 0 Å². The molecule has 0 amide bonds. The van der Waals surface area contributed by atoms with Gasteiger partial charge in [0.15, 0.2) is 0 Å². The number of nitrogens with zero attached hydrogens (tertiary/aromatic N) is 2. The Bertz CT molecular complexity index is 653. The van der Waals surface area contributed by atoms with Crippen molar-refractivity contribution in [3.8, 4) is 0 Å². The molecule has 22 heavy (non-hydrogen) atoms. The molecule has 3 heteroatoms. The molecule has 0 heterocycles. The highest BCUT2D eigenvalue weighted by atomic mass is 16.0. The molecule has 0 spiro atoms. The third-order valence-electron chi connectivity index (χ3n) is 3.72. The number of benzene rings is 3. The summed E-state index contributed by atoms with van der Waals surface area (Å²) < 4.78 is 0. The number of hydrogen-bond acceptors (Lipinski definition) is 2. The maximum Gasteiger partial charge on any atom is 0.397 e. The van der Waals surface area contributed by atoms with Gasteiger partial charge >= 0.3 is 5.54 Å². The van der Waals surface area contributed by atoms with Crippen molar-refractivity contribution in [1.29, 1.82) is 5.39 Å². The molecular weight excluding hydrogens is 272 g/mol. The molecule has 1 N–H and O–H groups in total. The zero-order valence-electron chi connectivity index (χ0n) is 12.0. The van der Waals surface area contributed by atoms with Gasteiger partial charge in [0.1, 0.15) is 4.98 Å². The molecule has 3 aromatic rings. The van der Waals surface area contributed by atoms with Crippen LogP contribution in [-0.4, -0.2) is 5.48 Å². The average molecular weight is 288 g/mol. The van der Waals surface area contributed by atoms with Crippen LogP contribution < -0.4 is 0 Å². The summed E-state index contributed by atoms with van der Waals surface area (Å²) in [5, 5.41) is 9.96. The Morgan fingerprint density at radius 3 is 1.05 bits per heavy atom. The Morgan fingerprint density at radius 1 is 0.545 bits per heavy atom. The van der Waals surface area contributed by atoms with E-state index in [1.807, 2.05) is 91.0 Å². The van der Waals surface area contributed by atoms with Gasteiger partial charge in [0.2, 0.25) is 5.39 Å². The summed E-state index contributed by atoms with van der Waals surface area (Å²) in [5.74, 6) is 0. The van der Waals surface area contributed by atoms with E-state index < -0.39 is 5.54 Å². The van der Waals surface area contributed by atoms with E-state index in [-0.39, 0.29) is 5.48 Å². The van der Waals surface area contributed by atoms with Crippen molar-refractivity contribution in [2.45, 2.75) is 5.54 Å². The second-order valence-electron chi connectivity index (χ2n) is 4.91. The van der Waals surface area contributed by atoms with Crippen molar-refractivity contribution in [3.05, 3.63) is 113 Å². The van der Waals surface area contributed by atoms with Crippen molar-refractivity contribution in [2.75, 3.05) is 0 Å². The van der Waals surface area contributed by atoms with Gasteiger partial charge in [0.25, 0.3) is 0 Å². The normalized spacial score (nSPS) is 10.3. The molecule has 108 valence electrons. The highest BCUT2D eigenvalue weighted by molar-refractivity contribution is 5.52. The standard InChI is InChI=1S/C19H15N2.H2O/c20-21-19(16-10-4-1-5-11-16,17-12-6-2-7-13-17)18-14-8-3-9-15-18;/h1-15H;1H2/q+1;/p-1. The summed E-state index contributed by atoms with van der Waals surface area (Å²) in [6, 6.07) is 29.6. The first-order valence-electron chi connectivity index (χ1n) is 6.91. The third-order valence-corrected chi connectivity index (χ3v) is 3.72. The van der Waals surface area contributed by atoms with Crippen molar-refractivity contribution in [3.63, 3.8) is 0 Å². The van der Waals surface area contributed by atoms with Crippen LogP contribution in [0.15, 0.2) is 91.0 Å². The summed E-state index contributed by atoms with van der Waals surface area (Å²) in [5.41, 5.74) is 1.91. The highest BCUT2D eigenvalue weighted by Gasteiger charge is 2.50. The minimum Gasteiger partial charge on any atom is -0.870 e. The van der Waals surface area contributed by atoms with Gasteiger partial charge in [-0.25, -0.2) is 0 Å². The molecule has 0 bridgehead atoms. The van der Waals surface area contributed by atoms with E-state index >= 15 is 0 Å². The summed E-state index contributed by atoms with van der Waals surface area (Å²) in [6.07, 6.45) is 0. The lowest BCUT2D eigenvalue weighted by Crippen LogP contribution is -2.25.